The minimum atomic E-state index is -0.858. The first-order valence-electron chi connectivity index (χ1n) is 10.4. The molecule has 8 heteroatoms. The summed E-state index contributed by atoms with van der Waals surface area (Å²) in [6, 6.07) is 6.66. The molecular formula is C23H24FN3O4. The lowest BCUT2D eigenvalue weighted by molar-refractivity contribution is -0.134. The molecule has 1 atom stereocenters. The van der Waals surface area contributed by atoms with Crippen LogP contribution in [-0.2, 0) is 16.0 Å². The van der Waals surface area contributed by atoms with Crippen molar-refractivity contribution < 1.29 is 23.5 Å². The molecule has 1 unspecified atom stereocenters. The van der Waals surface area contributed by atoms with Crippen LogP contribution < -0.4 is 4.74 Å². The van der Waals surface area contributed by atoms with E-state index in [-0.39, 0.29) is 17.7 Å². The first kappa shape index (κ1) is 21.0. The van der Waals surface area contributed by atoms with Crippen LogP contribution in [0.3, 0.4) is 0 Å². The van der Waals surface area contributed by atoms with Crippen LogP contribution in [0.5, 0.6) is 5.75 Å². The third-order valence-electron chi connectivity index (χ3n) is 5.98. The Morgan fingerprint density at radius 3 is 2.68 bits per heavy atom. The second-order valence-electron chi connectivity index (χ2n) is 7.81. The fraction of sp³-hybridized carbons (Fsp3) is 0.391. The number of methoxy groups -OCH3 is 1. The maximum atomic E-state index is 13.6. The van der Waals surface area contributed by atoms with Crippen LogP contribution in [0.25, 0.3) is 0 Å². The number of hydrogen-bond donors (Lipinski definition) is 0. The van der Waals surface area contributed by atoms with Crippen LogP contribution in [0, 0.1) is 5.92 Å². The van der Waals surface area contributed by atoms with Crippen LogP contribution in [0.15, 0.2) is 53.3 Å². The normalized spacial score (nSPS) is 21.5. The molecule has 0 bridgehead atoms. The van der Waals surface area contributed by atoms with Crippen molar-refractivity contribution in [3.63, 3.8) is 0 Å². The van der Waals surface area contributed by atoms with E-state index in [1.54, 1.807) is 12.0 Å². The third kappa shape index (κ3) is 4.28. The number of hydrogen-bond acceptors (Lipinski definition) is 4. The quantitative estimate of drug-likeness (QED) is 0.726. The molecule has 7 nitrogen and oxygen atoms in total. The number of rotatable bonds is 5. The van der Waals surface area contributed by atoms with Gasteiger partial charge in [-0.05, 0) is 49.1 Å². The molecule has 1 aromatic carbocycles. The van der Waals surface area contributed by atoms with Crippen LogP contribution in [0.4, 0.5) is 9.18 Å². The minimum absolute atomic E-state index is 0.0309. The highest BCUT2D eigenvalue weighted by molar-refractivity contribution is 6.21. The van der Waals surface area contributed by atoms with Crippen molar-refractivity contribution in [2.45, 2.75) is 31.7 Å². The van der Waals surface area contributed by atoms with Crippen molar-refractivity contribution in [3.8, 4) is 5.75 Å². The van der Waals surface area contributed by atoms with Gasteiger partial charge in [0.1, 0.15) is 17.5 Å². The Bertz CT molecular complexity index is 992. The number of aryl methyl sites for hydroxylation is 1. The lowest BCUT2D eigenvalue weighted by Gasteiger charge is -2.39. The van der Waals surface area contributed by atoms with Gasteiger partial charge in [0.2, 0.25) is 11.8 Å². The van der Waals surface area contributed by atoms with E-state index in [4.69, 9.17) is 4.74 Å². The molecule has 4 amide bonds. The first-order chi connectivity index (χ1) is 15.0. The van der Waals surface area contributed by atoms with E-state index in [2.05, 4.69) is 4.99 Å². The molecule has 1 fully saturated rings. The van der Waals surface area contributed by atoms with Crippen LogP contribution in [0.1, 0.15) is 24.8 Å². The zero-order valence-electron chi connectivity index (χ0n) is 17.3. The molecule has 0 aromatic heterocycles. The number of carbonyl (C=O) groups is 3. The Morgan fingerprint density at radius 1 is 1.19 bits per heavy atom. The second kappa shape index (κ2) is 8.83. The number of carbonyl (C=O) groups excluding carboxylic acids is 3. The van der Waals surface area contributed by atoms with E-state index in [0.29, 0.717) is 38.8 Å². The number of fused-ring (bicyclic) bond motifs is 1. The molecule has 2 heterocycles. The largest absolute Gasteiger partial charge is 0.496 e. The van der Waals surface area contributed by atoms with Crippen molar-refractivity contribution in [3.05, 3.63) is 53.9 Å². The van der Waals surface area contributed by atoms with E-state index in [1.807, 2.05) is 24.3 Å². The maximum absolute atomic E-state index is 13.6. The number of imide groups is 1. The second-order valence-corrected chi connectivity index (χ2v) is 7.81. The van der Waals surface area contributed by atoms with Gasteiger partial charge in [0, 0.05) is 25.6 Å². The average molecular weight is 425 g/mol. The summed E-state index contributed by atoms with van der Waals surface area (Å²) in [5.41, 5.74) is 1.25. The molecule has 1 aromatic rings. The number of allylic oxidation sites excluding steroid dienone is 3. The Morgan fingerprint density at radius 2 is 1.94 bits per heavy atom. The molecule has 0 saturated carbocycles. The monoisotopic (exact) mass is 425 g/mol. The van der Waals surface area contributed by atoms with Gasteiger partial charge in [-0.1, -0.05) is 18.2 Å². The SMILES string of the molecule is COc1ccccc1CCC(=O)N1CCC(N2C(=O)N=C3C=CC(F)=CC3C2=O)CC1. The molecule has 0 N–H and O–H groups in total. The summed E-state index contributed by atoms with van der Waals surface area (Å²) in [7, 11) is 1.61. The number of benzene rings is 1. The van der Waals surface area contributed by atoms with Gasteiger partial charge < -0.3 is 9.64 Å². The van der Waals surface area contributed by atoms with Gasteiger partial charge in [0.05, 0.1) is 12.8 Å². The Hall–Kier alpha value is -3.29. The van der Waals surface area contributed by atoms with E-state index in [1.165, 1.54) is 18.2 Å². The summed E-state index contributed by atoms with van der Waals surface area (Å²) in [4.78, 5) is 44.8. The van der Waals surface area contributed by atoms with Crippen molar-refractivity contribution in [2.75, 3.05) is 20.2 Å². The zero-order valence-corrected chi connectivity index (χ0v) is 17.3. The summed E-state index contributed by atoms with van der Waals surface area (Å²) >= 11 is 0. The molecule has 4 rings (SSSR count). The number of urea groups is 1. The molecule has 3 aliphatic rings. The number of para-hydroxylation sites is 1. The highest BCUT2D eigenvalue weighted by atomic mass is 19.1. The van der Waals surface area contributed by atoms with Crippen LogP contribution >= 0.6 is 0 Å². The highest BCUT2D eigenvalue weighted by Gasteiger charge is 2.41. The predicted octanol–water partition coefficient (Wildman–Crippen LogP) is 3.06. The van der Waals surface area contributed by atoms with Crippen molar-refractivity contribution in [1.82, 2.24) is 9.80 Å². The van der Waals surface area contributed by atoms with E-state index >= 15 is 0 Å². The lowest BCUT2D eigenvalue weighted by atomic mass is 9.92. The van der Waals surface area contributed by atoms with Crippen LogP contribution in [0.2, 0.25) is 0 Å². The van der Waals surface area contributed by atoms with Gasteiger partial charge in [-0.15, -0.1) is 0 Å². The first-order valence-corrected chi connectivity index (χ1v) is 10.4. The summed E-state index contributed by atoms with van der Waals surface area (Å²) in [6.07, 6.45) is 5.66. The lowest BCUT2D eigenvalue weighted by Crippen LogP contribution is -2.54. The highest BCUT2D eigenvalue weighted by Crippen LogP contribution is 2.28. The molecule has 162 valence electrons. The zero-order chi connectivity index (χ0) is 22.0. The molecule has 0 spiro atoms. The number of aliphatic imine (C=N–C) groups is 1. The molecule has 31 heavy (non-hydrogen) atoms. The minimum Gasteiger partial charge on any atom is -0.496 e. The predicted molar refractivity (Wildman–Crippen MR) is 112 cm³/mol. The molecular weight excluding hydrogens is 401 g/mol. The van der Waals surface area contributed by atoms with Gasteiger partial charge in [-0.25, -0.2) is 9.18 Å². The molecule has 2 aliphatic heterocycles. The van der Waals surface area contributed by atoms with Gasteiger partial charge in [-0.3, -0.25) is 14.5 Å². The number of amides is 4. The Balaban J connectivity index is 1.35. The number of ether oxygens (including phenoxy) is 1. The van der Waals surface area contributed by atoms with E-state index in [9.17, 15) is 18.8 Å². The van der Waals surface area contributed by atoms with Crippen molar-refractivity contribution >= 4 is 23.6 Å². The van der Waals surface area contributed by atoms with Gasteiger partial charge >= 0.3 is 6.03 Å². The Labute approximate surface area is 179 Å². The smallest absolute Gasteiger partial charge is 0.350 e. The third-order valence-corrected chi connectivity index (χ3v) is 5.98. The van der Waals surface area contributed by atoms with Crippen molar-refractivity contribution in [1.29, 1.82) is 0 Å². The fourth-order valence-corrected chi connectivity index (χ4v) is 4.30. The standard InChI is InChI=1S/C23H24FN3O4/c1-31-20-5-3-2-4-15(20)6-9-21(28)26-12-10-17(11-13-26)27-22(29)18-14-16(24)7-8-19(18)25-23(27)30/h2-5,7-8,14,17-18H,6,9-13H2,1H3. The number of halogens is 1. The number of piperidine rings is 1. The van der Waals surface area contributed by atoms with Crippen molar-refractivity contribution in [2.24, 2.45) is 10.9 Å². The molecule has 1 saturated heterocycles. The summed E-state index contributed by atoms with van der Waals surface area (Å²) in [5.74, 6) is -1.02. The summed E-state index contributed by atoms with van der Waals surface area (Å²) in [5, 5.41) is 0. The number of likely N-dealkylation sites (tertiary alicyclic amines) is 1. The summed E-state index contributed by atoms with van der Waals surface area (Å²) in [6.45, 7) is 0.912. The van der Waals surface area contributed by atoms with Crippen LogP contribution in [-0.4, -0.2) is 59.6 Å². The Kier molecular flexibility index (Phi) is 5.97. The maximum Gasteiger partial charge on any atom is 0.350 e. The van der Waals surface area contributed by atoms with Gasteiger partial charge in [-0.2, -0.15) is 4.99 Å². The van der Waals surface area contributed by atoms with E-state index in [0.717, 1.165) is 16.2 Å². The summed E-state index contributed by atoms with van der Waals surface area (Å²) < 4.78 is 18.9. The fourth-order valence-electron chi connectivity index (χ4n) is 4.30. The topological polar surface area (TPSA) is 79.3 Å². The molecule has 0 radical (unpaired) electrons. The van der Waals surface area contributed by atoms with Gasteiger partial charge in [0.25, 0.3) is 0 Å². The van der Waals surface area contributed by atoms with E-state index < -0.39 is 23.7 Å². The van der Waals surface area contributed by atoms with Gasteiger partial charge in [0.15, 0.2) is 0 Å². The molecule has 1 aliphatic carbocycles. The average Bonchev–Trinajstić information content (AvgIpc) is 2.78. The number of nitrogens with zero attached hydrogens (tertiary/aromatic N) is 3.